The van der Waals surface area contributed by atoms with Crippen molar-refractivity contribution in [1.82, 2.24) is 5.32 Å². The van der Waals surface area contributed by atoms with Gasteiger partial charge in [-0.1, -0.05) is 28.1 Å². The van der Waals surface area contributed by atoms with Crippen LogP contribution < -0.4 is 19.5 Å². The van der Waals surface area contributed by atoms with Gasteiger partial charge in [-0.3, -0.25) is 4.79 Å². The van der Waals surface area contributed by atoms with Gasteiger partial charge in [0.05, 0.1) is 13.7 Å². The Balaban J connectivity index is 2.20. The van der Waals surface area contributed by atoms with Crippen LogP contribution in [0.4, 0.5) is 0 Å². The maximum Gasteiger partial charge on any atom is 0.262 e. The number of nitriles is 2. The summed E-state index contributed by atoms with van der Waals surface area (Å²) in [5.74, 6) is 1.03. The molecule has 0 radical (unpaired) electrons. The molecule has 0 aliphatic carbocycles. The fourth-order valence-electron chi connectivity index (χ4n) is 2.48. The predicted molar refractivity (Wildman–Crippen MR) is 115 cm³/mol. The van der Waals surface area contributed by atoms with Crippen molar-refractivity contribution >= 4 is 27.9 Å². The minimum absolute atomic E-state index is 0.0580. The van der Waals surface area contributed by atoms with Gasteiger partial charge in [0, 0.05) is 11.0 Å². The molecule has 0 fully saturated rings. The molecule has 2 rings (SSSR count). The van der Waals surface area contributed by atoms with Gasteiger partial charge in [0.25, 0.3) is 5.91 Å². The van der Waals surface area contributed by atoms with Gasteiger partial charge in [-0.25, -0.2) is 0 Å². The maximum absolute atomic E-state index is 12.5. The molecule has 1 N–H and O–H groups in total. The number of benzene rings is 2. The van der Waals surface area contributed by atoms with E-state index in [2.05, 4.69) is 21.2 Å². The Morgan fingerprint density at radius 3 is 2.47 bits per heavy atom. The average Bonchev–Trinajstić information content (AvgIpc) is 2.76. The van der Waals surface area contributed by atoms with Crippen LogP contribution in [0.25, 0.3) is 6.08 Å². The van der Waals surface area contributed by atoms with Crippen LogP contribution in [0.2, 0.25) is 0 Å². The Kier molecular flexibility index (Phi) is 8.74. The van der Waals surface area contributed by atoms with E-state index in [1.165, 1.54) is 6.08 Å². The molecule has 0 aliphatic rings. The van der Waals surface area contributed by atoms with E-state index in [9.17, 15) is 10.1 Å². The first-order valence-corrected chi connectivity index (χ1v) is 9.80. The number of hydrogen-bond donors (Lipinski definition) is 1. The molecule has 0 saturated heterocycles. The predicted octanol–water partition coefficient (Wildman–Crippen LogP) is 3.98. The lowest BCUT2D eigenvalue weighted by Gasteiger charge is -2.12. The first kappa shape index (κ1) is 22.8. The molecule has 0 spiro atoms. The molecular formula is C22H20BrN3O4. The van der Waals surface area contributed by atoms with E-state index >= 15 is 0 Å². The van der Waals surface area contributed by atoms with Crippen LogP contribution in [0, 0.1) is 22.7 Å². The fraction of sp³-hybridized carbons (Fsp3) is 0.227. The molecule has 0 aromatic heterocycles. The highest BCUT2D eigenvalue weighted by Crippen LogP contribution is 2.35. The number of halogens is 1. The normalized spacial score (nSPS) is 10.5. The van der Waals surface area contributed by atoms with Crippen LogP contribution >= 0.6 is 15.9 Å². The summed E-state index contributed by atoms with van der Waals surface area (Å²) >= 11 is 3.40. The summed E-state index contributed by atoms with van der Waals surface area (Å²) in [6.45, 7) is 2.35. The zero-order chi connectivity index (χ0) is 21.9. The van der Waals surface area contributed by atoms with Gasteiger partial charge < -0.3 is 19.5 Å². The molecule has 0 atom stereocenters. The molecule has 8 heteroatoms. The van der Waals surface area contributed by atoms with Gasteiger partial charge in [0.2, 0.25) is 0 Å². The quantitative estimate of drug-likeness (QED) is 0.439. The zero-order valence-electron chi connectivity index (χ0n) is 16.6. The average molecular weight is 470 g/mol. The van der Waals surface area contributed by atoms with Gasteiger partial charge in [-0.15, -0.1) is 0 Å². The Labute approximate surface area is 183 Å². The lowest BCUT2D eigenvalue weighted by atomic mass is 10.1. The summed E-state index contributed by atoms with van der Waals surface area (Å²) in [5.41, 5.74) is 1.39. The third kappa shape index (κ3) is 6.26. The highest BCUT2D eigenvalue weighted by atomic mass is 79.9. The first-order valence-electron chi connectivity index (χ1n) is 9.01. The second kappa shape index (κ2) is 11.5. The molecule has 1 amide bonds. The zero-order valence-corrected chi connectivity index (χ0v) is 18.2. The lowest BCUT2D eigenvalue weighted by molar-refractivity contribution is -0.117. The van der Waals surface area contributed by atoms with Gasteiger partial charge >= 0.3 is 0 Å². The molecule has 0 bridgehead atoms. The summed E-state index contributed by atoms with van der Waals surface area (Å²) in [4.78, 5) is 12.5. The van der Waals surface area contributed by atoms with E-state index < -0.39 is 5.91 Å². The van der Waals surface area contributed by atoms with E-state index in [4.69, 9.17) is 19.5 Å². The van der Waals surface area contributed by atoms with Gasteiger partial charge in [0.15, 0.2) is 18.1 Å². The van der Waals surface area contributed by atoms with Crippen molar-refractivity contribution < 1.29 is 19.0 Å². The van der Waals surface area contributed by atoms with Gasteiger partial charge in [-0.2, -0.15) is 10.5 Å². The standard InChI is InChI=1S/C22H20BrN3O4/c1-3-29-20-11-16(19(23)12-21(20)30-9-8-24)10-17(13-25)22(27)26-14-15-4-6-18(28-2)7-5-15/h4-7,10-12H,3,9,14H2,1-2H3,(H,26,27)/b17-10-. The van der Waals surface area contributed by atoms with E-state index in [1.54, 1.807) is 31.4 Å². The monoisotopic (exact) mass is 469 g/mol. The summed E-state index contributed by atoms with van der Waals surface area (Å²) in [7, 11) is 1.58. The van der Waals surface area contributed by atoms with Crippen LogP contribution in [-0.4, -0.2) is 26.2 Å². The first-order chi connectivity index (χ1) is 14.5. The molecule has 30 heavy (non-hydrogen) atoms. The number of methoxy groups -OCH3 is 1. The molecule has 7 nitrogen and oxygen atoms in total. The van der Waals surface area contributed by atoms with E-state index in [0.29, 0.717) is 28.1 Å². The largest absolute Gasteiger partial charge is 0.497 e. The minimum Gasteiger partial charge on any atom is -0.497 e. The summed E-state index contributed by atoms with van der Waals surface area (Å²) in [6.07, 6.45) is 1.46. The number of nitrogens with zero attached hydrogens (tertiary/aromatic N) is 2. The number of carbonyl (C=O) groups excluding carboxylic acids is 1. The molecule has 0 heterocycles. The van der Waals surface area contributed by atoms with Crippen molar-refractivity contribution in [2.75, 3.05) is 20.3 Å². The third-order valence-corrected chi connectivity index (χ3v) is 4.62. The van der Waals surface area contributed by atoms with Crippen molar-refractivity contribution in [3.63, 3.8) is 0 Å². The van der Waals surface area contributed by atoms with Crippen molar-refractivity contribution in [3.8, 4) is 29.4 Å². The third-order valence-electron chi connectivity index (χ3n) is 3.93. The van der Waals surface area contributed by atoms with Crippen LogP contribution in [-0.2, 0) is 11.3 Å². The highest BCUT2D eigenvalue weighted by Gasteiger charge is 2.14. The highest BCUT2D eigenvalue weighted by molar-refractivity contribution is 9.10. The number of ether oxygens (including phenoxy) is 3. The topological polar surface area (TPSA) is 104 Å². The summed E-state index contributed by atoms with van der Waals surface area (Å²) < 4.78 is 16.6. The SMILES string of the molecule is CCOc1cc(/C=C(/C#N)C(=O)NCc2ccc(OC)cc2)c(Br)cc1OCC#N. The molecule has 2 aromatic rings. The number of rotatable bonds is 9. The number of carbonyl (C=O) groups is 1. The van der Waals surface area contributed by atoms with E-state index in [-0.39, 0.29) is 18.7 Å². The summed E-state index contributed by atoms with van der Waals surface area (Å²) in [6, 6.07) is 14.4. The smallest absolute Gasteiger partial charge is 0.262 e. The Morgan fingerprint density at radius 1 is 1.17 bits per heavy atom. The molecular weight excluding hydrogens is 450 g/mol. The Bertz CT molecular complexity index is 1000. The molecule has 154 valence electrons. The van der Waals surface area contributed by atoms with Crippen molar-refractivity contribution in [1.29, 1.82) is 10.5 Å². The van der Waals surface area contributed by atoms with Crippen LogP contribution in [0.5, 0.6) is 17.2 Å². The van der Waals surface area contributed by atoms with E-state index in [0.717, 1.165) is 11.3 Å². The van der Waals surface area contributed by atoms with Crippen molar-refractivity contribution in [2.24, 2.45) is 0 Å². The molecule has 2 aromatic carbocycles. The van der Waals surface area contributed by atoms with Crippen LogP contribution in [0.1, 0.15) is 18.1 Å². The Hall–Kier alpha value is -3.49. The Morgan fingerprint density at radius 2 is 1.87 bits per heavy atom. The van der Waals surface area contributed by atoms with Gasteiger partial charge in [-0.05, 0) is 48.4 Å². The number of amides is 1. The fourth-order valence-corrected chi connectivity index (χ4v) is 2.91. The lowest BCUT2D eigenvalue weighted by Crippen LogP contribution is -2.23. The number of nitrogens with one attached hydrogen (secondary N) is 1. The minimum atomic E-state index is -0.497. The maximum atomic E-state index is 12.5. The molecule has 0 saturated carbocycles. The summed E-state index contributed by atoms with van der Waals surface area (Å²) in [5, 5.41) is 20.9. The van der Waals surface area contributed by atoms with Crippen molar-refractivity contribution in [2.45, 2.75) is 13.5 Å². The van der Waals surface area contributed by atoms with Gasteiger partial charge in [0.1, 0.15) is 23.5 Å². The second-order valence-corrected chi connectivity index (χ2v) is 6.76. The van der Waals surface area contributed by atoms with Crippen LogP contribution in [0.3, 0.4) is 0 Å². The van der Waals surface area contributed by atoms with E-state index in [1.807, 2.05) is 31.2 Å². The second-order valence-electron chi connectivity index (χ2n) is 5.90. The molecule has 0 unspecified atom stereocenters. The van der Waals surface area contributed by atoms with Crippen LogP contribution in [0.15, 0.2) is 46.4 Å². The van der Waals surface area contributed by atoms with Crippen molar-refractivity contribution in [3.05, 3.63) is 57.6 Å². The number of hydrogen-bond acceptors (Lipinski definition) is 6. The molecule has 0 aliphatic heterocycles.